The highest BCUT2D eigenvalue weighted by molar-refractivity contribution is 7.99. The Balaban J connectivity index is 2.11. The normalized spacial score (nSPS) is 20.5. The van der Waals surface area contributed by atoms with Gasteiger partial charge in [0.25, 0.3) is 0 Å². The monoisotopic (exact) mass is 282 g/mol. The summed E-state index contributed by atoms with van der Waals surface area (Å²) in [4.78, 5) is 15.1. The average Bonchev–Trinajstić information content (AvgIpc) is 2.60. The lowest BCUT2D eigenvalue weighted by molar-refractivity contribution is -0.133. The number of thioether (sulfide) groups is 1. The van der Waals surface area contributed by atoms with Gasteiger partial charge in [-0.3, -0.25) is 4.79 Å². The molecule has 1 aliphatic carbocycles. The first-order chi connectivity index (χ1) is 8.66. The van der Waals surface area contributed by atoms with Crippen LogP contribution in [-0.4, -0.2) is 26.4 Å². The second-order valence-electron chi connectivity index (χ2n) is 6.50. The van der Waals surface area contributed by atoms with Crippen LogP contribution in [0.3, 0.4) is 0 Å². The molecule has 0 unspecified atom stereocenters. The molecule has 0 radical (unpaired) electrons. The van der Waals surface area contributed by atoms with Crippen LogP contribution in [0.1, 0.15) is 33.4 Å². The van der Waals surface area contributed by atoms with Crippen molar-refractivity contribution in [3.63, 3.8) is 0 Å². The maximum absolute atomic E-state index is 10.7. The number of carboxylic acid groups (broad SMARTS) is 1. The van der Waals surface area contributed by atoms with E-state index in [0.717, 1.165) is 17.4 Å². The Morgan fingerprint density at radius 2 is 2.00 bits per heavy atom. The van der Waals surface area contributed by atoms with E-state index in [-0.39, 0.29) is 5.75 Å². The van der Waals surface area contributed by atoms with Crippen molar-refractivity contribution in [3.8, 4) is 0 Å². The molecule has 1 N–H and O–H groups in total. The number of imidazole rings is 1. The number of carboxylic acids is 1. The number of aromatic nitrogens is 2. The van der Waals surface area contributed by atoms with Crippen molar-refractivity contribution >= 4 is 17.7 Å². The Labute approximate surface area is 118 Å². The molecule has 0 aromatic carbocycles. The van der Waals surface area contributed by atoms with Gasteiger partial charge in [-0.05, 0) is 23.7 Å². The zero-order chi connectivity index (χ0) is 14.4. The van der Waals surface area contributed by atoms with Crippen LogP contribution in [0, 0.1) is 23.7 Å². The molecule has 19 heavy (non-hydrogen) atoms. The lowest BCUT2D eigenvalue weighted by Crippen LogP contribution is -2.06. The summed E-state index contributed by atoms with van der Waals surface area (Å²) in [6.45, 7) is 12.1. The Hall–Kier alpha value is -0.970. The second kappa shape index (κ2) is 4.54. The maximum atomic E-state index is 10.7. The number of aliphatic carboxylic acids is 1. The molecule has 0 bridgehead atoms. The highest BCUT2D eigenvalue weighted by Gasteiger charge is 2.64. The molecule has 2 rings (SSSR count). The van der Waals surface area contributed by atoms with Gasteiger partial charge in [0.05, 0.1) is 11.4 Å². The highest BCUT2D eigenvalue weighted by Crippen LogP contribution is 2.68. The summed E-state index contributed by atoms with van der Waals surface area (Å²) in [7, 11) is 0. The predicted molar refractivity (Wildman–Crippen MR) is 76.4 cm³/mol. The molecule has 0 amide bonds. The van der Waals surface area contributed by atoms with Crippen LogP contribution in [0.2, 0.25) is 0 Å². The van der Waals surface area contributed by atoms with Crippen molar-refractivity contribution in [1.82, 2.24) is 9.55 Å². The van der Waals surface area contributed by atoms with E-state index in [0.29, 0.717) is 16.7 Å². The Kier molecular flexibility index (Phi) is 3.45. The van der Waals surface area contributed by atoms with Gasteiger partial charge < -0.3 is 9.67 Å². The molecular formula is C14H22N2O2S. The van der Waals surface area contributed by atoms with Crippen LogP contribution in [0.15, 0.2) is 11.4 Å². The summed E-state index contributed by atoms with van der Waals surface area (Å²) >= 11 is 1.30. The molecule has 1 aromatic rings. The third-order valence-electron chi connectivity index (χ3n) is 4.88. The molecular weight excluding hydrogens is 260 g/mol. The van der Waals surface area contributed by atoms with E-state index in [4.69, 9.17) is 5.11 Å². The van der Waals surface area contributed by atoms with Gasteiger partial charge in [0, 0.05) is 12.7 Å². The molecule has 106 valence electrons. The summed E-state index contributed by atoms with van der Waals surface area (Å²) in [6, 6.07) is 0. The van der Waals surface area contributed by atoms with Crippen LogP contribution >= 0.6 is 11.8 Å². The van der Waals surface area contributed by atoms with Crippen LogP contribution in [0.4, 0.5) is 0 Å². The Bertz CT molecular complexity index is 492. The first-order valence-corrected chi connectivity index (χ1v) is 7.53. The Morgan fingerprint density at radius 1 is 1.42 bits per heavy atom. The molecule has 1 fully saturated rings. The quantitative estimate of drug-likeness (QED) is 0.843. The van der Waals surface area contributed by atoms with Gasteiger partial charge in [0.2, 0.25) is 0 Å². The van der Waals surface area contributed by atoms with Crippen LogP contribution < -0.4 is 0 Å². The van der Waals surface area contributed by atoms with Gasteiger partial charge >= 0.3 is 5.97 Å². The van der Waals surface area contributed by atoms with Gasteiger partial charge in [-0.1, -0.05) is 39.5 Å². The van der Waals surface area contributed by atoms with Crippen LogP contribution in [0.5, 0.6) is 0 Å². The van der Waals surface area contributed by atoms with Gasteiger partial charge in [0.15, 0.2) is 5.16 Å². The molecule has 0 saturated heterocycles. The van der Waals surface area contributed by atoms with Crippen molar-refractivity contribution < 1.29 is 9.90 Å². The summed E-state index contributed by atoms with van der Waals surface area (Å²) in [5.74, 6) is -0.129. The number of nitrogens with zero attached hydrogens (tertiary/aromatic N) is 2. The highest BCUT2D eigenvalue weighted by atomic mass is 32.2. The topological polar surface area (TPSA) is 55.1 Å². The number of hydrogen-bond donors (Lipinski definition) is 1. The predicted octanol–water partition coefficient (Wildman–Crippen LogP) is 3.05. The lowest BCUT2D eigenvalue weighted by Gasteiger charge is -2.07. The molecule has 1 aromatic heterocycles. The molecule has 0 aliphatic heterocycles. The van der Waals surface area contributed by atoms with E-state index in [1.165, 1.54) is 11.8 Å². The van der Waals surface area contributed by atoms with Gasteiger partial charge in [0.1, 0.15) is 0 Å². The van der Waals surface area contributed by atoms with Crippen molar-refractivity contribution in [2.75, 3.05) is 5.75 Å². The first-order valence-electron chi connectivity index (χ1n) is 6.54. The van der Waals surface area contributed by atoms with Crippen molar-refractivity contribution in [3.05, 3.63) is 11.9 Å². The van der Waals surface area contributed by atoms with E-state index >= 15 is 0 Å². The average molecular weight is 282 g/mol. The van der Waals surface area contributed by atoms with E-state index < -0.39 is 5.97 Å². The minimum absolute atomic E-state index is 0.0634. The largest absolute Gasteiger partial charge is 0.481 e. The third kappa shape index (κ3) is 2.53. The van der Waals surface area contributed by atoms with E-state index in [9.17, 15) is 4.79 Å². The van der Waals surface area contributed by atoms with Crippen LogP contribution in [-0.2, 0) is 11.3 Å². The fraction of sp³-hybridized carbons (Fsp3) is 0.714. The smallest absolute Gasteiger partial charge is 0.313 e. The summed E-state index contributed by atoms with van der Waals surface area (Å²) < 4.78 is 2.12. The fourth-order valence-corrected chi connectivity index (χ4v) is 3.64. The zero-order valence-electron chi connectivity index (χ0n) is 12.2. The first kappa shape index (κ1) is 14.4. The van der Waals surface area contributed by atoms with Crippen molar-refractivity contribution in [2.45, 2.75) is 46.3 Å². The van der Waals surface area contributed by atoms with E-state index in [1.54, 1.807) is 0 Å². The molecule has 5 heteroatoms. The third-order valence-corrected chi connectivity index (χ3v) is 5.86. The number of hydrogen-bond acceptors (Lipinski definition) is 3. The maximum Gasteiger partial charge on any atom is 0.313 e. The summed E-state index contributed by atoms with van der Waals surface area (Å²) in [5, 5.41) is 9.59. The fourth-order valence-electron chi connectivity index (χ4n) is 2.88. The minimum Gasteiger partial charge on any atom is -0.481 e. The molecule has 1 aliphatic rings. The van der Waals surface area contributed by atoms with Crippen molar-refractivity contribution in [2.24, 2.45) is 16.7 Å². The summed E-state index contributed by atoms with van der Waals surface area (Å²) in [5.41, 5.74) is 1.61. The molecule has 4 nitrogen and oxygen atoms in total. The van der Waals surface area contributed by atoms with E-state index in [1.807, 2.05) is 13.1 Å². The SMILES string of the molecule is Cc1cn(CC2C(C)(C)C2(C)C)c(SCC(=O)O)n1. The summed E-state index contributed by atoms with van der Waals surface area (Å²) in [6.07, 6.45) is 2.02. The van der Waals surface area contributed by atoms with Crippen LogP contribution in [0.25, 0.3) is 0 Å². The second-order valence-corrected chi connectivity index (χ2v) is 7.44. The molecule has 1 heterocycles. The number of aryl methyl sites for hydroxylation is 1. The number of rotatable bonds is 5. The van der Waals surface area contributed by atoms with E-state index in [2.05, 4.69) is 37.2 Å². The lowest BCUT2D eigenvalue weighted by atomic mass is 10.0. The minimum atomic E-state index is -0.802. The van der Waals surface area contributed by atoms with Crippen molar-refractivity contribution in [1.29, 1.82) is 0 Å². The Morgan fingerprint density at radius 3 is 2.47 bits per heavy atom. The molecule has 0 spiro atoms. The molecule has 0 atom stereocenters. The molecule has 1 saturated carbocycles. The van der Waals surface area contributed by atoms with Gasteiger partial charge in [-0.2, -0.15) is 0 Å². The van der Waals surface area contributed by atoms with Gasteiger partial charge in [-0.15, -0.1) is 0 Å². The standard InChI is InChI=1S/C14H22N2O2S/c1-9-6-16(12(15-9)19-8-11(17)18)7-10-13(2,3)14(10,4)5/h6,10H,7-8H2,1-5H3,(H,17,18). The van der Waals surface area contributed by atoms with Gasteiger partial charge in [-0.25, -0.2) is 4.98 Å². The number of carbonyl (C=O) groups is 1. The zero-order valence-corrected chi connectivity index (χ0v) is 13.0.